The normalized spacial score (nSPS) is 13.1. The second-order valence-corrected chi connectivity index (χ2v) is 13.3. The highest BCUT2D eigenvalue weighted by Gasteiger charge is 2.19. The van der Waals surface area contributed by atoms with E-state index in [1.165, 1.54) is 83.5 Å². The zero-order valence-electron chi connectivity index (χ0n) is 31.1. The van der Waals surface area contributed by atoms with Crippen LogP contribution in [0.4, 0.5) is 0 Å². The molecule has 48 heavy (non-hydrogen) atoms. The predicted octanol–water partition coefficient (Wildman–Crippen LogP) is 10.7. The van der Waals surface area contributed by atoms with Crippen LogP contribution in [0.15, 0.2) is 36.5 Å². The summed E-state index contributed by atoms with van der Waals surface area (Å²) in [5.41, 5.74) is 5.47. The van der Waals surface area contributed by atoms with Crippen LogP contribution in [0, 0.1) is 0 Å². The lowest BCUT2D eigenvalue weighted by Gasteiger charge is -2.15. The van der Waals surface area contributed by atoms with Gasteiger partial charge in [-0.05, 0) is 96.1 Å². The van der Waals surface area contributed by atoms with Gasteiger partial charge in [-0.1, -0.05) is 121 Å². The van der Waals surface area contributed by atoms with Crippen LogP contribution in [0.5, 0.6) is 0 Å². The maximum Gasteiger partial charge on any atom is 0.326 e. The van der Waals surface area contributed by atoms with Gasteiger partial charge in [0.2, 0.25) is 5.91 Å². The molecule has 0 aliphatic carbocycles. The number of carbonyl (C=O) groups excluding carboxylic acids is 2. The first-order chi connectivity index (χ1) is 23.4. The standard InChI is InChI=1S/C41H74N2O5/c1-3-5-7-9-11-12-13-14-15-16-17-18-19-20-21-23-29-35-40(45)48-37(31-26-22-10-8-6-4-2)32-27-24-25-28-34-39(44)43-38(41(46)47)33-30-36-42/h11-12,14-15,26,31,37-38H,3-10,13,16-25,27-30,32-36,42H2,1-2H3,(H,43,44)(H,46,47)/b12-11-,15-14-,31-26-. The number of carboxylic acids is 1. The van der Waals surface area contributed by atoms with E-state index < -0.39 is 12.0 Å². The fraction of sp³-hybridized carbons (Fsp3) is 0.780. The zero-order chi connectivity index (χ0) is 35.3. The van der Waals surface area contributed by atoms with E-state index in [1.807, 2.05) is 0 Å². The molecule has 278 valence electrons. The summed E-state index contributed by atoms with van der Waals surface area (Å²) in [6.45, 7) is 4.86. The van der Waals surface area contributed by atoms with Crippen LogP contribution in [0.2, 0.25) is 0 Å². The molecule has 0 aromatic heterocycles. The van der Waals surface area contributed by atoms with Crippen molar-refractivity contribution < 1.29 is 24.2 Å². The molecule has 0 rings (SSSR count). The van der Waals surface area contributed by atoms with Crippen LogP contribution in [-0.2, 0) is 19.1 Å². The van der Waals surface area contributed by atoms with Crippen molar-refractivity contribution in [2.24, 2.45) is 5.73 Å². The van der Waals surface area contributed by atoms with Crippen molar-refractivity contribution in [1.82, 2.24) is 5.32 Å². The molecule has 0 fully saturated rings. The molecule has 4 N–H and O–H groups in total. The number of rotatable bonds is 35. The van der Waals surface area contributed by atoms with Crippen molar-refractivity contribution in [2.45, 2.75) is 199 Å². The number of unbranched alkanes of at least 4 members (excludes halogenated alkanes) is 17. The number of allylic oxidation sites excluding steroid dienone is 5. The van der Waals surface area contributed by atoms with Crippen molar-refractivity contribution in [3.63, 3.8) is 0 Å². The highest BCUT2D eigenvalue weighted by molar-refractivity contribution is 5.83. The summed E-state index contributed by atoms with van der Waals surface area (Å²) in [6.07, 6.45) is 40.6. The van der Waals surface area contributed by atoms with Crippen LogP contribution >= 0.6 is 0 Å². The Morgan fingerprint density at radius 3 is 1.77 bits per heavy atom. The van der Waals surface area contributed by atoms with Gasteiger partial charge in [0.15, 0.2) is 0 Å². The zero-order valence-corrected chi connectivity index (χ0v) is 31.1. The minimum absolute atomic E-state index is 0.0995. The third-order valence-electron chi connectivity index (χ3n) is 8.66. The first-order valence-corrected chi connectivity index (χ1v) is 19.8. The summed E-state index contributed by atoms with van der Waals surface area (Å²) < 4.78 is 5.89. The molecule has 0 aliphatic rings. The van der Waals surface area contributed by atoms with E-state index in [2.05, 4.69) is 55.6 Å². The van der Waals surface area contributed by atoms with Crippen LogP contribution in [0.3, 0.4) is 0 Å². The Labute approximate surface area is 295 Å². The number of amides is 1. The molecule has 0 spiro atoms. The summed E-state index contributed by atoms with van der Waals surface area (Å²) in [5, 5.41) is 11.9. The molecule has 0 saturated heterocycles. The van der Waals surface area contributed by atoms with Gasteiger partial charge in [0.05, 0.1) is 0 Å². The van der Waals surface area contributed by atoms with E-state index in [0.29, 0.717) is 38.6 Å². The minimum atomic E-state index is -1.02. The molecular weight excluding hydrogens is 600 g/mol. The average Bonchev–Trinajstić information content (AvgIpc) is 3.07. The fourth-order valence-corrected chi connectivity index (χ4v) is 5.62. The van der Waals surface area contributed by atoms with Gasteiger partial charge >= 0.3 is 11.9 Å². The Hall–Kier alpha value is -2.41. The van der Waals surface area contributed by atoms with Gasteiger partial charge in [-0.2, -0.15) is 0 Å². The molecule has 0 aromatic rings. The van der Waals surface area contributed by atoms with Crippen molar-refractivity contribution >= 4 is 17.8 Å². The number of nitrogens with one attached hydrogen (secondary N) is 1. The predicted molar refractivity (Wildman–Crippen MR) is 202 cm³/mol. The highest BCUT2D eigenvalue weighted by Crippen LogP contribution is 2.15. The quantitative estimate of drug-likeness (QED) is 0.0350. The Morgan fingerprint density at radius 2 is 1.15 bits per heavy atom. The maximum atomic E-state index is 12.6. The van der Waals surface area contributed by atoms with Gasteiger partial charge in [0.25, 0.3) is 0 Å². The van der Waals surface area contributed by atoms with Gasteiger partial charge in [-0.3, -0.25) is 9.59 Å². The number of hydrogen-bond acceptors (Lipinski definition) is 5. The van der Waals surface area contributed by atoms with Gasteiger partial charge < -0.3 is 20.9 Å². The lowest BCUT2D eigenvalue weighted by atomic mass is 10.1. The van der Waals surface area contributed by atoms with Crippen LogP contribution < -0.4 is 11.1 Å². The first-order valence-electron chi connectivity index (χ1n) is 19.8. The first kappa shape index (κ1) is 45.6. The van der Waals surface area contributed by atoms with Crippen molar-refractivity contribution in [2.75, 3.05) is 6.54 Å². The van der Waals surface area contributed by atoms with Gasteiger partial charge in [0.1, 0.15) is 12.1 Å². The van der Waals surface area contributed by atoms with E-state index in [1.54, 1.807) is 0 Å². The number of ether oxygens (including phenoxy) is 1. The van der Waals surface area contributed by atoms with E-state index in [-0.39, 0.29) is 18.0 Å². The van der Waals surface area contributed by atoms with E-state index >= 15 is 0 Å². The van der Waals surface area contributed by atoms with E-state index in [4.69, 9.17) is 10.5 Å². The Bertz CT molecular complexity index is 854. The number of carboxylic acid groups (broad SMARTS) is 1. The topological polar surface area (TPSA) is 119 Å². The summed E-state index contributed by atoms with van der Waals surface area (Å²) in [4.78, 5) is 36.2. The molecular formula is C41H74N2O5. The van der Waals surface area contributed by atoms with Crippen molar-refractivity contribution in [1.29, 1.82) is 0 Å². The average molecular weight is 675 g/mol. The Balaban J connectivity index is 4.18. The summed E-state index contributed by atoms with van der Waals surface area (Å²) in [6, 6.07) is -0.870. The molecule has 1 amide bonds. The SMILES string of the molecule is CCCCC/C=C\C/C=C\CCCCCCCCCC(=O)OC(/C=C\CCCCCC)CCCCCCC(=O)NC(CCCN)C(=O)O. The van der Waals surface area contributed by atoms with Gasteiger partial charge in [0, 0.05) is 12.8 Å². The molecule has 0 aliphatic heterocycles. The molecule has 0 saturated carbocycles. The highest BCUT2D eigenvalue weighted by atomic mass is 16.5. The molecule has 7 nitrogen and oxygen atoms in total. The number of hydrogen-bond donors (Lipinski definition) is 3. The lowest BCUT2D eigenvalue weighted by molar-refractivity contribution is -0.147. The third-order valence-corrected chi connectivity index (χ3v) is 8.66. The van der Waals surface area contributed by atoms with Crippen molar-refractivity contribution in [3.05, 3.63) is 36.5 Å². The Kier molecular flexibility index (Phi) is 34.1. The molecule has 0 heterocycles. The second-order valence-electron chi connectivity index (χ2n) is 13.3. The number of esters is 1. The summed E-state index contributed by atoms with van der Waals surface area (Å²) in [7, 11) is 0. The number of aliphatic carboxylic acids is 1. The monoisotopic (exact) mass is 675 g/mol. The molecule has 2 unspecified atom stereocenters. The second kappa shape index (κ2) is 35.9. The van der Waals surface area contributed by atoms with E-state index in [0.717, 1.165) is 57.8 Å². The smallest absolute Gasteiger partial charge is 0.326 e. The van der Waals surface area contributed by atoms with E-state index in [9.17, 15) is 19.5 Å². The van der Waals surface area contributed by atoms with Crippen LogP contribution in [0.1, 0.15) is 187 Å². The lowest BCUT2D eigenvalue weighted by Crippen LogP contribution is -2.40. The molecule has 0 radical (unpaired) electrons. The largest absolute Gasteiger partial charge is 0.480 e. The minimum Gasteiger partial charge on any atom is -0.480 e. The molecule has 0 aromatic carbocycles. The summed E-state index contributed by atoms with van der Waals surface area (Å²) in [5.74, 6) is -1.34. The van der Waals surface area contributed by atoms with Crippen molar-refractivity contribution in [3.8, 4) is 0 Å². The van der Waals surface area contributed by atoms with Crippen LogP contribution in [0.25, 0.3) is 0 Å². The fourth-order valence-electron chi connectivity index (χ4n) is 5.62. The van der Waals surface area contributed by atoms with Crippen LogP contribution in [-0.4, -0.2) is 41.6 Å². The summed E-state index contributed by atoms with van der Waals surface area (Å²) >= 11 is 0. The number of carbonyl (C=O) groups is 3. The third kappa shape index (κ3) is 32.2. The molecule has 7 heteroatoms. The van der Waals surface area contributed by atoms with Gasteiger partial charge in [-0.15, -0.1) is 0 Å². The van der Waals surface area contributed by atoms with Gasteiger partial charge in [-0.25, -0.2) is 4.79 Å². The Morgan fingerprint density at radius 1 is 0.625 bits per heavy atom. The molecule has 2 atom stereocenters. The molecule has 0 bridgehead atoms. The number of nitrogens with two attached hydrogens (primary N) is 1. The maximum absolute atomic E-state index is 12.6.